The standard InChI is InChI=1S/C25H20F2N2O4S/c1-34(31,32)19-9-6-15(7-10-19)17-8-11-22-28-23-20(30)13-18(24(23)29(22)14-17)12-16-4-2-3-5-21(16)33-25(26)27/h2-11,14,18,25H,12-13H2,1H3. The molecule has 0 aliphatic heterocycles. The van der Waals surface area contributed by atoms with Crippen LogP contribution in [-0.4, -0.2) is 36.5 Å². The van der Waals surface area contributed by atoms with Crippen LogP contribution in [0, 0.1) is 0 Å². The predicted molar refractivity (Wildman–Crippen MR) is 122 cm³/mol. The Labute approximate surface area is 194 Å². The van der Waals surface area contributed by atoms with Crippen molar-refractivity contribution in [3.05, 3.63) is 83.8 Å². The van der Waals surface area contributed by atoms with Gasteiger partial charge in [-0.3, -0.25) is 4.79 Å². The van der Waals surface area contributed by atoms with E-state index >= 15 is 0 Å². The molecule has 5 rings (SSSR count). The number of pyridine rings is 1. The van der Waals surface area contributed by atoms with Crippen molar-refractivity contribution in [2.75, 3.05) is 6.26 Å². The molecule has 2 aromatic carbocycles. The minimum absolute atomic E-state index is 0.0879. The van der Waals surface area contributed by atoms with Crippen molar-refractivity contribution in [2.45, 2.75) is 30.3 Å². The summed E-state index contributed by atoms with van der Waals surface area (Å²) in [6, 6.07) is 16.8. The van der Waals surface area contributed by atoms with Gasteiger partial charge in [0.15, 0.2) is 15.6 Å². The van der Waals surface area contributed by atoms with Gasteiger partial charge in [-0.05, 0) is 53.4 Å². The van der Waals surface area contributed by atoms with E-state index in [0.29, 0.717) is 23.3 Å². The molecule has 4 aromatic rings. The summed E-state index contributed by atoms with van der Waals surface area (Å²) in [6.45, 7) is -2.94. The second-order valence-corrected chi connectivity index (χ2v) is 10.3. The van der Waals surface area contributed by atoms with E-state index in [1.807, 2.05) is 16.7 Å². The molecule has 1 unspecified atom stereocenters. The first-order chi connectivity index (χ1) is 16.2. The maximum Gasteiger partial charge on any atom is 0.387 e. The van der Waals surface area contributed by atoms with Crippen LogP contribution < -0.4 is 4.74 Å². The highest BCUT2D eigenvalue weighted by Crippen LogP contribution is 2.38. The van der Waals surface area contributed by atoms with Crippen LogP contribution in [0.3, 0.4) is 0 Å². The van der Waals surface area contributed by atoms with E-state index in [-0.39, 0.29) is 28.8 Å². The lowest BCUT2D eigenvalue weighted by Gasteiger charge is -2.15. The van der Waals surface area contributed by atoms with Gasteiger partial charge in [0, 0.05) is 24.8 Å². The molecule has 0 saturated carbocycles. The number of ketones is 1. The van der Waals surface area contributed by atoms with Crippen molar-refractivity contribution < 1.29 is 26.7 Å². The van der Waals surface area contributed by atoms with E-state index in [1.165, 1.54) is 6.07 Å². The van der Waals surface area contributed by atoms with Crippen molar-refractivity contribution >= 4 is 21.3 Å². The molecule has 0 N–H and O–H groups in total. The smallest absolute Gasteiger partial charge is 0.387 e. The summed E-state index contributed by atoms with van der Waals surface area (Å²) in [6.07, 6.45) is 3.61. The SMILES string of the molecule is CS(=O)(=O)c1ccc(-c2ccc3nc4c(n3c2)C(Cc2ccccc2OC(F)F)CC4=O)cc1. The Morgan fingerprint density at radius 1 is 1.06 bits per heavy atom. The Morgan fingerprint density at radius 3 is 2.47 bits per heavy atom. The van der Waals surface area contributed by atoms with Crippen molar-refractivity contribution in [2.24, 2.45) is 0 Å². The minimum Gasteiger partial charge on any atom is -0.435 e. The largest absolute Gasteiger partial charge is 0.435 e. The lowest BCUT2D eigenvalue weighted by atomic mass is 9.96. The highest BCUT2D eigenvalue weighted by molar-refractivity contribution is 7.90. The molecule has 0 bridgehead atoms. The molecule has 34 heavy (non-hydrogen) atoms. The van der Waals surface area contributed by atoms with Crippen LogP contribution in [0.15, 0.2) is 71.8 Å². The Hall–Kier alpha value is -3.59. The third-order valence-electron chi connectivity index (χ3n) is 6.01. The zero-order valence-electron chi connectivity index (χ0n) is 18.1. The molecule has 0 amide bonds. The van der Waals surface area contributed by atoms with Crippen LogP contribution in [0.4, 0.5) is 8.78 Å². The minimum atomic E-state index is -3.30. The molecular weight excluding hydrogens is 462 g/mol. The topological polar surface area (TPSA) is 77.7 Å². The number of ether oxygens (including phenoxy) is 1. The lowest BCUT2D eigenvalue weighted by Crippen LogP contribution is -2.08. The first kappa shape index (κ1) is 22.2. The second-order valence-electron chi connectivity index (χ2n) is 8.30. The van der Waals surface area contributed by atoms with Gasteiger partial charge in [0.05, 0.1) is 10.6 Å². The summed E-state index contributed by atoms with van der Waals surface area (Å²) >= 11 is 0. The fraction of sp³-hybridized carbons (Fsp3) is 0.200. The average molecular weight is 483 g/mol. The number of carbonyl (C=O) groups is 1. The number of imidazole rings is 1. The van der Waals surface area contributed by atoms with E-state index in [0.717, 1.165) is 23.1 Å². The van der Waals surface area contributed by atoms with Crippen LogP contribution in [0.1, 0.15) is 34.1 Å². The number of para-hydroxylation sites is 1. The van der Waals surface area contributed by atoms with Crippen molar-refractivity contribution in [3.63, 3.8) is 0 Å². The summed E-state index contributed by atoms with van der Waals surface area (Å²) < 4.78 is 55.7. The summed E-state index contributed by atoms with van der Waals surface area (Å²) in [5, 5.41) is 0. The highest BCUT2D eigenvalue weighted by atomic mass is 32.2. The van der Waals surface area contributed by atoms with Gasteiger partial charge >= 0.3 is 6.61 Å². The molecule has 2 aromatic heterocycles. The summed E-state index contributed by atoms with van der Waals surface area (Å²) in [5.74, 6) is -0.239. The maximum absolute atomic E-state index is 12.8. The van der Waals surface area contributed by atoms with Crippen LogP contribution in [0.25, 0.3) is 16.8 Å². The molecule has 0 saturated heterocycles. The molecule has 6 nitrogen and oxygen atoms in total. The summed E-state index contributed by atoms with van der Waals surface area (Å²) in [5.41, 5.74) is 3.97. The molecule has 0 fully saturated rings. The average Bonchev–Trinajstić information content (AvgIpc) is 3.31. The molecule has 1 aliphatic carbocycles. The number of halogens is 2. The zero-order chi connectivity index (χ0) is 24.0. The lowest BCUT2D eigenvalue weighted by molar-refractivity contribution is -0.0505. The first-order valence-electron chi connectivity index (χ1n) is 10.6. The molecule has 0 radical (unpaired) electrons. The molecule has 174 valence electrons. The number of hydrogen-bond donors (Lipinski definition) is 0. The number of alkyl halides is 2. The van der Waals surface area contributed by atoms with Crippen molar-refractivity contribution in [1.29, 1.82) is 0 Å². The van der Waals surface area contributed by atoms with E-state index in [4.69, 9.17) is 0 Å². The predicted octanol–water partition coefficient (Wildman–Crippen LogP) is 4.92. The molecule has 0 spiro atoms. The second kappa shape index (κ2) is 8.32. The number of hydrogen-bond acceptors (Lipinski definition) is 5. The monoisotopic (exact) mass is 482 g/mol. The Balaban J connectivity index is 1.54. The number of Topliss-reactive ketones (excluding diaryl/α,β-unsaturated/α-hetero) is 1. The molecule has 2 heterocycles. The number of fused-ring (bicyclic) bond motifs is 3. The van der Waals surface area contributed by atoms with E-state index in [1.54, 1.807) is 48.5 Å². The highest BCUT2D eigenvalue weighted by Gasteiger charge is 2.35. The quantitative estimate of drug-likeness (QED) is 0.390. The Kier molecular flexibility index (Phi) is 5.44. The number of rotatable bonds is 6. The molecular formula is C25H20F2N2O4S. The Morgan fingerprint density at radius 2 is 1.76 bits per heavy atom. The normalized spacial score (nSPS) is 15.8. The molecule has 9 heteroatoms. The fourth-order valence-electron chi connectivity index (χ4n) is 4.46. The van der Waals surface area contributed by atoms with Gasteiger partial charge in [-0.25, -0.2) is 13.4 Å². The van der Waals surface area contributed by atoms with Gasteiger partial charge < -0.3 is 9.14 Å². The third kappa shape index (κ3) is 4.07. The van der Waals surface area contributed by atoms with E-state index in [2.05, 4.69) is 9.72 Å². The van der Waals surface area contributed by atoms with Crippen LogP contribution in [-0.2, 0) is 16.3 Å². The number of benzene rings is 2. The molecule has 1 atom stereocenters. The maximum atomic E-state index is 12.8. The van der Waals surface area contributed by atoms with Crippen molar-refractivity contribution in [3.8, 4) is 16.9 Å². The number of nitrogens with zero attached hydrogens (tertiary/aromatic N) is 2. The fourth-order valence-corrected chi connectivity index (χ4v) is 5.09. The molecule has 1 aliphatic rings. The van der Waals surface area contributed by atoms with Crippen LogP contribution in [0.5, 0.6) is 5.75 Å². The van der Waals surface area contributed by atoms with Crippen LogP contribution in [0.2, 0.25) is 0 Å². The summed E-state index contributed by atoms with van der Waals surface area (Å²) in [7, 11) is -3.30. The van der Waals surface area contributed by atoms with Gasteiger partial charge in [-0.15, -0.1) is 0 Å². The van der Waals surface area contributed by atoms with E-state index in [9.17, 15) is 22.0 Å². The summed E-state index contributed by atoms with van der Waals surface area (Å²) in [4.78, 5) is 17.4. The zero-order valence-corrected chi connectivity index (χ0v) is 18.9. The van der Waals surface area contributed by atoms with Gasteiger partial charge in [0.25, 0.3) is 0 Å². The van der Waals surface area contributed by atoms with Gasteiger partial charge in [0.2, 0.25) is 0 Å². The number of carbonyl (C=O) groups excluding carboxylic acids is 1. The number of aromatic nitrogens is 2. The first-order valence-corrected chi connectivity index (χ1v) is 12.5. The van der Waals surface area contributed by atoms with Crippen molar-refractivity contribution in [1.82, 2.24) is 9.38 Å². The van der Waals surface area contributed by atoms with Gasteiger partial charge in [-0.2, -0.15) is 8.78 Å². The Bertz CT molecular complexity index is 1510. The van der Waals surface area contributed by atoms with E-state index < -0.39 is 16.4 Å². The third-order valence-corrected chi connectivity index (χ3v) is 7.14. The number of sulfone groups is 1. The van der Waals surface area contributed by atoms with Crippen LogP contribution >= 0.6 is 0 Å². The van der Waals surface area contributed by atoms with Gasteiger partial charge in [0.1, 0.15) is 17.1 Å². The van der Waals surface area contributed by atoms with Gasteiger partial charge in [-0.1, -0.05) is 30.3 Å².